The van der Waals surface area contributed by atoms with Gasteiger partial charge in [0.2, 0.25) is 0 Å². The Kier molecular flexibility index (Phi) is 6.82. The van der Waals surface area contributed by atoms with E-state index >= 15 is 0 Å². The average molecular weight is 433 g/mol. The number of aromatic nitrogens is 2. The van der Waals surface area contributed by atoms with Gasteiger partial charge in [0.25, 0.3) is 5.56 Å². The molecule has 9 heteroatoms. The van der Waals surface area contributed by atoms with E-state index in [1.807, 2.05) is 11.8 Å². The van der Waals surface area contributed by atoms with Crippen molar-refractivity contribution in [3.8, 4) is 0 Å². The summed E-state index contributed by atoms with van der Waals surface area (Å²) in [6, 6.07) is 3.19. The van der Waals surface area contributed by atoms with Crippen molar-refractivity contribution in [1.82, 2.24) is 9.38 Å². The molecule has 1 fully saturated rings. The van der Waals surface area contributed by atoms with Gasteiger partial charge in [0.05, 0.1) is 31.1 Å². The second-order valence-electron chi connectivity index (χ2n) is 7.99. The van der Waals surface area contributed by atoms with Crippen LogP contribution in [0.3, 0.4) is 0 Å². The lowest BCUT2D eigenvalue weighted by Crippen LogP contribution is -2.37. The number of nitrogens with zero attached hydrogens (tertiary/aromatic N) is 4. The molecule has 1 aliphatic rings. The molecule has 0 spiro atoms. The number of pyridine rings is 1. The van der Waals surface area contributed by atoms with Crippen molar-refractivity contribution in [3.05, 3.63) is 39.8 Å². The first-order chi connectivity index (χ1) is 14.2. The van der Waals surface area contributed by atoms with Crippen molar-refractivity contribution in [1.29, 1.82) is 0 Å². The van der Waals surface area contributed by atoms with Gasteiger partial charge in [0, 0.05) is 35.7 Å². The second-order valence-corrected chi connectivity index (χ2v) is 9.58. The molecule has 3 heterocycles. The maximum absolute atomic E-state index is 12.9. The van der Waals surface area contributed by atoms with Crippen LogP contribution in [-0.2, 0) is 9.47 Å². The van der Waals surface area contributed by atoms with E-state index in [-0.39, 0.29) is 22.5 Å². The molecular weight excluding hydrogens is 404 g/mol. The molecule has 162 valence electrons. The van der Waals surface area contributed by atoms with Crippen molar-refractivity contribution in [3.63, 3.8) is 0 Å². The molecule has 2 aromatic rings. The van der Waals surface area contributed by atoms with E-state index < -0.39 is 5.97 Å². The number of hydrogen-bond donors (Lipinski definition) is 0. The normalized spacial score (nSPS) is 15.5. The molecule has 3 rings (SSSR count). The van der Waals surface area contributed by atoms with Crippen LogP contribution in [-0.4, -0.2) is 58.7 Å². The maximum atomic E-state index is 12.9. The van der Waals surface area contributed by atoms with Crippen LogP contribution in [0.2, 0.25) is 0 Å². The molecule has 2 aromatic heterocycles. The zero-order chi connectivity index (χ0) is 21.9. The summed E-state index contributed by atoms with van der Waals surface area (Å²) >= 11 is 1.44. The Morgan fingerprint density at radius 2 is 2.00 bits per heavy atom. The number of anilines is 1. The molecular formula is C21H28N4O4S. The third-order valence-electron chi connectivity index (χ3n) is 4.44. The van der Waals surface area contributed by atoms with Gasteiger partial charge >= 0.3 is 5.97 Å². The number of carbonyl (C=O) groups excluding carboxylic acids is 1. The van der Waals surface area contributed by atoms with Gasteiger partial charge in [-0.15, -0.1) is 0 Å². The van der Waals surface area contributed by atoms with Crippen LogP contribution in [0.15, 0.2) is 27.5 Å². The summed E-state index contributed by atoms with van der Waals surface area (Å²) in [6.07, 6.45) is 1.49. The smallest absolute Gasteiger partial charge is 0.339 e. The van der Waals surface area contributed by atoms with Gasteiger partial charge in [-0.25, -0.2) is 14.2 Å². The molecule has 0 radical (unpaired) electrons. The highest BCUT2D eigenvalue weighted by Crippen LogP contribution is 2.26. The lowest BCUT2D eigenvalue weighted by atomic mass is 10.1. The fourth-order valence-electron chi connectivity index (χ4n) is 2.99. The van der Waals surface area contributed by atoms with Gasteiger partial charge in [0.15, 0.2) is 5.65 Å². The highest BCUT2D eigenvalue weighted by atomic mass is 32.2. The molecule has 0 aliphatic carbocycles. The van der Waals surface area contributed by atoms with Gasteiger partial charge < -0.3 is 14.4 Å². The molecule has 8 nitrogen and oxygen atoms in total. The van der Waals surface area contributed by atoms with Crippen LogP contribution in [0.1, 0.15) is 50.5 Å². The Morgan fingerprint density at radius 3 is 2.63 bits per heavy atom. The Morgan fingerprint density at radius 1 is 1.30 bits per heavy atom. The number of esters is 1. The van der Waals surface area contributed by atoms with Gasteiger partial charge in [-0.05, 0) is 52.6 Å². The molecule has 0 N–H and O–H groups in total. The predicted octanol–water partition coefficient (Wildman–Crippen LogP) is 2.96. The molecule has 0 saturated carbocycles. The summed E-state index contributed by atoms with van der Waals surface area (Å²) in [6.45, 7) is 12.6. The molecule has 0 atom stereocenters. The summed E-state index contributed by atoms with van der Waals surface area (Å²) in [4.78, 5) is 32.1. The van der Waals surface area contributed by atoms with E-state index in [0.29, 0.717) is 49.0 Å². The molecule has 0 unspecified atom stereocenters. The number of fused-ring (bicyclic) bond motifs is 1. The van der Waals surface area contributed by atoms with Crippen molar-refractivity contribution >= 4 is 35.1 Å². The van der Waals surface area contributed by atoms with Gasteiger partial charge in [0.1, 0.15) is 5.82 Å². The van der Waals surface area contributed by atoms with Gasteiger partial charge in [-0.3, -0.25) is 9.20 Å². The standard InChI is InChI=1S/C21H28N4O4S/c1-6-29-20(27)15-11-16(14(2)23-30-21(3,4)5)19-22-17(12-18(26)25(19)13-15)24-7-9-28-10-8-24/h11-13H,6-10H2,1-5H3. The van der Waals surface area contributed by atoms with Crippen LogP contribution in [0.4, 0.5) is 5.82 Å². The zero-order valence-electron chi connectivity index (χ0n) is 18.1. The van der Waals surface area contributed by atoms with Crippen LogP contribution in [0.25, 0.3) is 5.65 Å². The minimum absolute atomic E-state index is 0.0704. The van der Waals surface area contributed by atoms with Gasteiger partial charge in [-0.2, -0.15) is 0 Å². The first-order valence-electron chi connectivity index (χ1n) is 10.00. The average Bonchev–Trinajstić information content (AvgIpc) is 2.71. The molecule has 0 amide bonds. The molecule has 1 saturated heterocycles. The van der Waals surface area contributed by atoms with E-state index in [1.165, 1.54) is 28.6 Å². The molecule has 0 bridgehead atoms. The summed E-state index contributed by atoms with van der Waals surface area (Å²) in [7, 11) is 0. The summed E-state index contributed by atoms with van der Waals surface area (Å²) in [5.74, 6) is 0.116. The van der Waals surface area contributed by atoms with Crippen molar-refractivity contribution in [2.75, 3.05) is 37.8 Å². The van der Waals surface area contributed by atoms with Gasteiger partial charge in [-0.1, -0.05) is 0 Å². The maximum Gasteiger partial charge on any atom is 0.339 e. The Balaban J connectivity index is 2.18. The van der Waals surface area contributed by atoms with Crippen LogP contribution in [0, 0.1) is 0 Å². The van der Waals surface area contributed by atoms with Crippen molar-refractivity contribution in [2.45, 2.75) is 39.4 Å². The Bertz CT molecular complexity index is 1020. The number of carbonyl (C=O) groups is 1. The second kappa shape index (κ2) is 9.18. The summed E-state index contributed by atoms with van der Waals surface area (Å²) in [5.41, 5.74) is 1.81. The van der Waals surface area contributed by atoms with Crippen LogP contribution in [0.5, 0.6) is 0 Å². The van der Waals surface area contributed by atoms with E-state index in [2.05, 4.69) is 25.2 Å². The fourth-order valence-corrected chi connectivity index (χ4v) is 3.50. The largest absolute Gasteiger partial charge is 0.462 e. The number of rotatable bonds is 5. The summed E-state index contributed by atoms with van der Waals surface area (Å²) in [5, 5.41) is 0. The first-order valence-corrected chi connectivity index (χ1v) is 10.8. The number of ether oxygens (including phenoxy) is 2. The molecule has 30 heavy (non-hydrogen) atoms. The van der Waals surface area contributed by atoms with E-state index in [4.69, 9.17) is 14.5 Å². The van der Waals surface area contributed by atoms with Crippen molar-refractivity contribution in [2.24, 2.45) is 4.40 Å². The third-order valence-corrected chi connectivity index (χ3v) is 5.35. The third kappa shape index (κ3) is 5.20. The lowest BCUT2D eigenvalue weighted by molar-refractivity contribution is 0.0525. The van der Waals surface area contributed by atoms with E-state index in [9.17, 15) is 9.59 Å². The Labute approximate surface area is 180 Å². The van der Waals surface area contributed by atoms with E-state index in [1.54, 1.807) is 13.0 Å². The Hall–Kier alpha value is -2.39. The lowest BCUT2D eigenvalue weighted by Gasteiger charge is -2.28. The minimum atomic E-state index is -0.485. The minimum Gasteiger partial charge on any atom is -0.462 e. The highest BCUT2D eigenvalue weighted by Gasteiger charge is 2.20. The number of morpholine rings is 1. The quantitative estimate of drug-likeness (QED) is 0.408. The highest BCUT2D eigenvalue weighted by molar-refractivity contribution is 7.99. The predicted molar refractivity (Wildman–Crippen MR) is 120 cm³/mol. The summed E-state index contributed by atoms with van der Waals surface area (Å²) < 4.78 is 16.5. The topological polar surface area (TPSA) is 85.5 Å². The van der Waals surface area contributed by atoms with Crippen LogP contribution < -0.4 is 10.5 Å². The monoisotopic (exact) mass is 432 g/mol. The van der Waals surface area contributed by atoms with Crippen LogP contribution >= 0.6 is 11.9 Å². The number of hydrogen-bond acceptors (Lipinski definition) is 8. The zero-order valence-corrected chi connectivity index (χ0v) is 18.9. The molecule has 0 aromatic carbocycles. The first kappa shape index (κ1) is 22.3. The van der Waals surface area contributed by atoms with Crippen molar-refractivity contribution < 1.29 is 14.3 Å². The molecule has 1 aliphatic heterocycles. The van der Waals surface area contributed by atoms with E-state index in [0.717, 1.165) is 0 Å². The fraction of sp³-hybridized carbons (Fsp3) is 0.524. The SMILES string of the molecule is CCOC(=O)c1cc(C(C)=NSC(C)(C)C)c2nc(N3CCOCC3)cc(=O)n2c1.